The van der Waals surface area contributed by atoms with Gasteiger partial charge in [0.15, 0.2) is 0 Å². The number of azide groups is 2. The molecule has 0 aromatic heterocycles. The number of hydrogen-bond acceptors (Lipinski definition) is 4. The Morgan fingerprint density at radius 3 is 1.64 bits per heavy atom. The molecule has 0 spiro atoms. The van der Waals surface area contributed by atoms with Crippen LogP contribution in [0.1, 0.15) is 68.9 Å². The maximum atomic E-state index is 8.58. The molecule has 0 saturated heterocycles. The van der Waals surface area contributed by atoms with Crippen LogP contribution in [0.4, 0.5) is 0 Å². The topological polar surface area (TPSA) is 150 Å². The van der Waals surface area contributed by atoms with Crippen molar-refractivity contribution in [1.82, 2.24) is 0 Å². The van der Waals surface area contributed by atoms with Gasteiger partial charge in [0.2, 0.25) is 0 Å². The molecule has 0 bridgehead atoms. The highest BCUT2D eigenvalue weighted by Gasteiger charge is 2.30. The van der Waals surface area contributed by atoms with Gasteiger partial charge in [-0.05, 0) is 72.5 Å². The Bertz CT molecular complexity index is 922. The molecule has 2 aliphatic carbocycles. The fraction of sp³-hybridized carbons (Fsp3) is 0.520. The van der Waals surface area contributed by atoms with Gasteiger partial charge in [-0.15, -0.1) is 0 Å². The Kier molecular flexibility index (Phi) is 10.7. The lowest BCUT2D eigenvalue weighted by Gasteiger charge is -2.31. The first kappa shape index (κ1) is 26.2. The van der Waals surface area contributed by atoms with Crippen LogP contribution < -0.4 is 11.5 Å². The fourth-order valence-corrected chi connectivity index (χ4v) is 4.81. The minimum Gasteiger partial charge on any atom is -0.326 e. The van der Waals surface area contributed by atoms with E-state index in [0.29, 0.717) is 11.8 Å². The van der Waals surface area contributed by atoms with Crippen molar-refractivity contribution in [1.29, 1.82) is 0 Å². The maximum absolute atomic E-state index is 8.58. The summed E-state index contributed by atoms with van der Waals surface area (Å²) in [5.74, 6) is 0.998. The van der Waals surface area contributed by atoms with Crippen LogP contribution in [-0.2, 0) is 0 Å². The molecular weight excluding hydrogens is 412 g/mol. The van der Waals surface area contributed by atoms with E-state index in [2.05, 4.69) is 62.5 Å². The van der Waals surface area contributed by atoms with Crippen LogP contribution in [0.2, 0.25) is 0 Å². The summed E-state index contributed by atoms with van der Waals surface area (Å²) in [6.45, 7) is 0. The second kappa shape index (κ2) is 13.5. The molecule has 33 heavy (non-hydrogen) atoms. The van der Waals surface area contributed by atoms with Crippen molar-refractivity contribution < 1.29 is 0 Å². The second-order valence-electron chi connectivity index (χ2n) is 8.71. The highest BCUT2D eigenvalue weighted by molar-refractivity contribution is 5.22. The first-order valence-electron chi connectivity index (χ1n) is 11.3. The molecule has 176 valence electrons. The highest BCUT2D eigenvalue weighted by atomic mass is 15.2. The lowest BCUT2D eigenvalue weighted by molar-refractivity contribution is 0.346. The Balaban J connectivity index is 0.000000233. The van der Waals surface area contributed by atoms with Crippen LogP contribution in [0.25, 0.3) is 20.9 Å². The Morgan fingerprint density at radius 2 is 1.12 bits per heavy atom. The van der Waals surface area contributed by atoms with Crippen LogP contribution in [0, 0.1) is 0 Å². The lowest BCUT2D eigenvalue weighted by atomic mass is 9.79. The van der Waals surface area contributed by atoms with Gasteiger partial charge in [0.1, 0.15) is 0 Å². The van der Waals surface area contributed by atoms with Gasteiger partial charge in [0.05, 0.1) is 0 Å². The van der Waals surface area contributed by atoms with E-state index in [1.165, 1.54) is 17.5 Å². The van der Waals surface area contributed by atoms with Gasteiger partial charge in [0, 0.05) is 34.0 Å². The van der Waals surface area contributed by atoms with Crippen molar-refractivity contribution in [2.24, 2.45) is 21.7 Å². The molecule has 4 N–H and O–H groups in total. The summed E-state index contributed by atoms with van der Waals surface area (Å²) in [6.07, 6.45) is 5.75. The normalized spacial score (nSPS) is 28.5. The zero-order valence-corrected chi connectivity index (χ0v) is 18.3. The molecule has 0 heterocycles. The van der Waals surface area contributed by atoms with E-state index in [1.807, 2.05) is 18.2 Å². The second-order valence-corrected chi connectivity index (χ2v) is 8.71. The number of nitrogens with two attached hydrogens (primary N) is 2. The molecule has 0 radical (unpaired) electrons. The average molecular weight is 449 g/mol. The van der Waals surface area contributed by atoms with Gasteiger partial charge in [-0.2, -0.15) is 0 Å². The van der Waals surface area contributed by atoms with Crippen molar-refractivity contribution in [3.05, 3.63) is 92.7 Å². The van der Waals surface area contributed by atoms with Crippen LogP contribution >= 0.6 is 0 Å². The van der Waals surface area contributed by atoms with Gasteiger partial charge in [-0.1, -0.05) is 78.3 Å². The molecule has 2 aromatic rings. The molecule has 6 unspecified atom stereocenters. The summed E-state index contributed by atoms with van der Waals surface area (Å²) in [5, 5.41) is 7.50. The molecule has 4 rings (SSSR count). The van der Waals surface area contributed by atoms with Gasteiger partial charge in [0.25, 0.3) is 0 Å². The van der Waals surface area contributed by atoms with E-state index in [9.17, 15) is 0 Å². The van der Waals surface area contributed by atoms with Crippen LogP contribution in [0.3, 0.4) is 0 Å². The number of rotatable bonds is 4. The third-order valence-corrected chi connectivity index (χ3v) is 6.68. The fourth-order valence-electron chi connectivity index (χ4n) is 4.81. The quantitative estimate of drug-likeness (QED) is 0.309. The molecule has 6 atom stereocenters. The van der Waals surface area contributed by atoms with Crippen molar-refractivity contribution in [3.8, 4) is 0 Å². The summed E-state index contributed by atoms with van der Waals surface area (Å²) in [7, 11) is 0. The molecule has 0 aliphatic heterocycles. The van der Waals surface area contributed by atoms with Crippen LogP contribution in [0.5, 0.6) is 0 Å². The molecule has 8 heteroatoms. The SMILES string of the molecule is C.NC1CCC(c2ccccc2)CC1N.[N-]=[N+]=NC1CCC(c2ccccc2)CC1N=[N+]=[N-]. The monoisotopic (exact) mass is 448 g/mol. The largest absolute Gasteiger partial charge is 0.326 e. The third-order valence-electron chi connectivity index (χ3n) is 6.68. The van der Waals surface area contributed by atoms with E-state index in [4.69, 9.17) is 22.5 Å². The van der Waals surface area contributed by atoms with E-state index in [0.717, 1.165) is 32.1 Å². The average Bonchev–Trinajstić information content (AvgIpc) is 2.84. The predicted octanol–water partition coefficient (Wildman–Crippen LogP) is 6.56. The van der Waals surface area contributed by atoms with Crippen molar-refractivity contribution in [3.63, 3.8) is 0 Å². The van der Waals surface area contributed by atoms with Crippen LogP contribution in [-0.4, -0.2) is 24.2 Å². The van der Waals surface area contributed by atoms with E-state index in [1.54, 1.807) is 0 Å². The van der Waals surface area contributed by atoms with Crippen LogP contribution in [0.15, 0.2) is 70.9 Å². The molecule has 0 amide bonds. The molecule has 8 nitrogen and oxygen atoms in total. The minimum absolute atomic E-state index is 0. The van der Waals surface area contributed by atoms with Gasteiger partial charge in [-0.3, -0.25) is 0 Å². The molecule has 2 aromatic carbocycles. The molecular formula is C25H36N8. The van der Waals surface area contributed by atoms with Crippen molar-refractivity contribution >= 4 is 0 Å². The van der Waals surface area contributed by atoms with E-state index < -0.39 is 0 Å². The van der Waals surface area contributed by atoms with Gasteiger partial charge < -0.3 is 11.5 Å². The Labute approximate surface area is 196 Å². The zero-order valence-electron chi connectivity index (χ0n) is 18.3. The molecule has 2 fully saturated rings. The summed E-state index contributed by atoms with van der Waals surface area (Å²) in [6, 6.07) is 20.7. The zero-order chi connectivity index (χ0) is 22.8. The molecule has 2 aliphatic rings. The first-order valence-corrected chi connectivity index (χ1v) is 11.3. The van der Waals surface area contributed by atoms with Crippen molar-refractivity contribution in [2.45, 2.75) is 82.0 Å². The van der Waals surface area contributed by atoms with Crippen molar-refractivity contribution in [2.75, 3.05) is 0 Å². The lowest BCUT2D eigenvalue weighted by Crippen LogP contribution is -2.45. The first-order chi connectivity index (χ1) is 15.6. The summed E-state index contributed by atoms with van der Waals surface area (Å²) >= 11 is 0. The molecule has 2 saturated carbocycles. The smallest absolute Gasteiger partial charge is 0.0464 e. The minimum atomic E-state index is -0.232. The third kappa shape index (κ3) is 7.52. The number of hydrogen-bond donors (Lipinski definition) is 2. The van der Waals surface area contributed by atoms with Gasteiger partial charge >= 0.3 is 0 Å². The maximum Gasteiger partial charge on any atom is 0.0464 e. The predicted molar refractivity (Wildman–Crippen MR) is 135 cm³/mol. The number of nitrogens with zero attached hydrogens (tertiary/aromatic N) is 6. The Morgan fingerprint density at radius 1 is 0.636 bits per heavy atom. The summed E-state index contributed by atoms with van der Waals surface area (Å²) in [5.41, 5.74) is 31.6. The van der Waals surface area contributed by atoms with E-state index in [-0.39, 0.29) is 31.6 Å². The number of benzene rings is 2. The highest BCUT2D eigenvalue weighted by Crippen LogP contribution is 2.36. The standard InChI is InChI=1S/C12H14N6.C12H18N2.CH4/c13-17-15-11-7-6-10(8-12(11)16-18-14)9-4-2-1-3-5-9;13-11-7-6-10(8-12(11)14)9-4-2-1-3-5-9;/h1-5,10-12H,6-8H2;1-5,10-12H,6-8,13-14H2;1H4. The van der Waals surface area contributed by atoms with Gasteiger partial charge in [-0.25, -0.2) is 0 Å². The summed E-state index contributed by atoms with van der Waals surface area (Å²) in [4.78, 5) is 5.69. The van der Waals surface area contributed by atoms with E-state index >= 15 is 0 Å². The summed E-state index contributed by atoms with van der Waals surface area (Å²) < 4.78 is 0. The Hall–Kier alpha value is -3.02.